The second-order valence-corrected chi connectivity index (χ2v) is 6.83. The molecule has 1 unspecified atom stereocenters. The molecule has 0 saturated carbocycles. The Bertz CT molecular complexity index is 951. The number of nitrogens with zero attached hydrogens (tertiary/aromatic N) is 1. The van der Waals surface area contributed by atoms with Crippen LogP contribution in [0.15, 0.2) is 41.5 Å². The number of esters is 1. The van der Waals surface area contributed by atoms with Crippen LogP contribution in [-0.2, 0) is 20.7 Å². The van der Waals surface area contributed by atoms with Crippen LogP contribution in [-0.4, -0.2) is 42.3 Å². The molecule has 26 heavy (non-hydrogen) atoms. The van der Waals surface area contributed by atoms with Gasteiger partial charge in [-0.3, -0.25) is 4.79 Å². The van der Waals surface area contributed by atoms with Gasteiger partial charge in [-0.1, -0.05) is 25.1 Å². The number of carbonyl (C=O) groups excluding carboxylic acids is 2. The Labute approximate surface area is 152 Å². The lowest BCUT2D eigenvalue weighted by atomic mass is 9.85. The molecule has 0 amide bonds. The Balaban J connectivity index is 1.92. The molecular weight excluding hydrogens is 328 g/mol. The number of nitrogens with one attached hydrogen (secondary N) is 1. The van der Waals surface area contributed by atoms with E-state index in [1.807, 2.05) is 12.1 Å². The number of hydrogen-bond acceptors (Lipinski definition) is 4. The van der Waals surface area contributed by atoms with Crippen LogP contribution in [0.2, 0.25) is 0 Å². The van der Waals surface area contributed by atoms with Gasteiger partial charge in [0.1, 0.15) is 5.57 Å². The van der Waals surface area contributed by atoms with Crippen LogP contribution in [0.3, 0.4) is 0 Å². The number of allylic oxidation sites excluding steroid dienone is 1. The highest BCUT2D eigenvalue weighted by atomic mass is 16.5. The van der Waals surface area contributed by atoms with E-state index in [0.717, 1.165) is 48.4 Å². The topological polar surface area (TPSA) is 62.4 Å². The van der Waals surface area contributed by atoms with Crippen molar-refractivity contribution in [2.24, 2.45) is 5.92 Å². The summed E-state index contributed by atoms with van der Waals surface area (Å²) in [6.45, 7) is 3.83. The SMILES string of the molecule is CCC1CN2CCc3c([nH]c4ccccc34)C2=CC1=C(C=O)C(=O)OC. The van der Waals surface area contributed by atoms with Crippen molar-refractivity contribution in [1.82, 2.24) is 9.88 Å². The molecule has 0 radical (unpaired) electrons. The summed E-state index contributed by atoms with van der Waals surface area (Å²) in [4.78, 5) is 29.6. The summed E-state index contributed by atoms with van der Waals surface area (Å²) in [5.74, 6) is -0.421. The molecule has 4 rings (SSSR count). The van der Waals surface area contributed by atoms with Gasteiger partial charge in [-0.05, 0) is 36.1 Å². The third-order valence-electron chi connectivity index (χ3n) is 5.54. The summed E-state index contributed by atoms with van der Waals surface area (Å²) in [5.41, 5.74) is 5.50. The smallest absolute Gasteiger partial charge is 0.341 e. The number of benzene rings is 1. The first-order valence-electron chi connectivity index (χ1n) is 9.02. The summed E-state index contributed by atoms with van der Waals surface area (Å²) in [7, 11) is 1.31. The second kappa shape index (κ2) is 6.48. The molecule has 3 heterocycles. The molecule has 2 aliphatic rings. The number of ether oxygens (including phenoxy) is 1. The number of aldehydes is 1. The Hall–Kier alpha value is -2.82. The second-order valence-electron chi connectivity index (χ2n) is 6.83. The molecule has 5 nitrogen and oxygen atoms in total. The third-order valence-corrected chi connectivity index (χ3v) is 5.54. The zero-order valence-electron chi connectivity index (χ0n) is 15.0. The maximum atomic E-state index is 12.1. The molecule has 0 fully saturated rings. The number of H-pyrrole nitrogens is 1. The van der Waals surface area contributed by atoms with Crippen molar-refractivity contribution >= 4 is 28.9 Å². The standard InChI is InChI=1S/C21H22N2O3/c1-3-13-11-23-9-8-15-14-6-4-5-7-18(14)22-20(15)19(23)10-16(13)17(12-24)21(25)26-2/h4-7,10,12-13,22H,3,8-9,11H2,1-2H3. The highest BCUT2D eigenvalue weighted by molar-refractivity contribution is 6.09. The van der Waals surface area contributed by atoms with Crippen molar-refractivity contribution in [3.8, 4) is 0 Å². The number of carbonyl (C=O) groups is 2. The maximum absolute atomic E-state index is 12.1. The van der Waals surface area contributed by atoms with Crippen LogP contribution < -0.4 is 0 Å². The van der Waals surface area contributed by atoms with Crippen LogP contribution in [0.25, 0.3) is 16.6 Å². The molecular formula is C21H22N2O3. The summed E-state index contributed by atoms with van der Waals surface area (Å²) in [6.07, 6.45) is 4.49. The van der Waals surface area contributed by atoms with Crippen molar-refractivity contribution < 1.29 is 14.3 Å². The lowest BCUT2D eigenvalue weighted by Gasteiger charge is -2.39. The number of rotatable bonds is 3. The monoisotopic (exact) mass is 350 g/mol. The van der Waals surface area contributed by atoms with Crippen molar-refractivity contribution in [1.29, 1.82) is 0 Å². The number of methoxy groups -OCH3 is 1. The molecule has 1 aromatic heterocycles. The molecule has 2 aromatic rings. The van der Waals surface area contributed by atoms with Gasteiger partial charge in [-0.15, -0.1) is 0 Å². The van der Waals surface area contributed by atoms with Gasteiger partial charge in [0.15, 0.2) is 6.29 Å². The first kappa shape index (κ1) is 16.6. The fourth-order valence-electron chi connectivity index (χ4n) is 4.18. The predicted molar refractivity (Wildman–Crippen MR) is 100 cm³/mol. The first-order chi connectivity index (χ1) is 12.7. The summed E-state index contributed by atoms with van der Waals surface area (Å²) >= 11 is 0. The van der Waals surface area contributed by atoms with Gasteiger partial charge in [0.2, 0.25) is 0 Å². The van der Waals surface area contributed by atoms with E-state index in [9.17, 15) is 9.59 Å². The molecule has 1 aromatic carbocycles. The largest absolute Gasteiger partial charge is 0.465 e. The van der Waals surface area contributed by atoms with Gasteiger partial charge < -0.3 is 14.6 Å². The van der Waals surface area contributed by atoms with Crippen LogP contribution in [0, 0.1) is 5.92 Å². The van der Waals surface area contributed by atoms with E-state index in [1.165, 1.54) is 18.1 Å². The molecule has 0 aliphatic carbocycles. The predicted octanol–water partition coefficient (Wildman–Crippen LogP) is 3.08. The minimum Gasteiger partial charge on any atom is -0.465 e. The van der Waals surface area contributed by atoms with Gasteiger partial charge in [0.05, 0.1) is 18.5 Å². The van der Waals surface area contributed by atoms with Gasteiger partial charge in [0, 0.05) is 29.9 Å². The Morgan fingerprint density at radius 3 is 2.92 bits per heavy atom. The minimum absolute atomic E-state index is 0.134. The number of fused-ring (bicyclic) bond motifs is 5. The molecule has 5 heteroatoms. The van der Waals surface area contributed by atoms with E-state index in [-0.39, 0.29) is 11.5 Å². The van der Waals surface area contributed by atoms with Crippen LogP contribution in [0.4, 0.5) is 0 Å². The molecule has 1 N–H and O–H groups in total. The van der Waals surface area contributed by atoms with Crippen molar-refractivity contribution in [2.45, 2.75) is 19.8 Å². The molecule has 0 saturated heterocycles. The number of aromatic amines is 1. The fraction of sp³-hybridized carbons (Fsp3) is 0.333. The zero-order chi connectivity index (χ0) is 18.3. The van der Waals surface area contributed by atoms with Crippen molar-refractivity contribution in [2.75, 3.05) is 20.2 Å². The zero-order valence-corrected chi connectivity index (χ0v) is 15.0. The molecule has 0 bridgehead atoms. The summed E-state index contributed by atoms with van der Waals surface area (Å²) in [5, 5.41) is 1.25. The summed E-state index contributed by atoms with van der Waals surface area (Å²) in [6, 6.07) is 8.30. The highest BCUT2D eigenvalue weighted by Gasteiger charge is 2.33. The molecule has 134 valence electrons. The lowest BCUT2D eigenvalue weighted by molar-refractivity contribution is -0.136. The number of para-hydroxylation sites is 1. The van der Waals surface area contributed by atoms with Gasteiger partial charge >= 0.3 is 5.97 Å². The van der Waals surface area contributed by atoms with Crippen LogP contribution >= 0.6 is 0 Å². The lowest BCUT2D eigenvalue weighted by Crippen LogP contribution is -2.37. The maximum Gasteiger partial charge on any atom is 0.341 e. The van der Waals surface area contributed by atoms with Crippen molar-refractivity contribution in [3.63, 3.8) is 0 Å². The van der Waals surface area contributed by atoms with Crippen LogP contribution in [0.1, 0.15) is 24.6 Å². The van der Waals surface area contributed by atoms with Gasteiger partial charge in [0.25, 0.3) is 0 Å². The van der Waals surface area contributed by atoms with E-state index in [0.29, 0.717) is 6.29 Å². The molecule has 0 spiro atoms. The number of hydrogen-bond donors (Lipinski definition) is 1. The van der Waals surface area contributed by atoms with Crippen molar-refractivity contribution in [3.05, 3.63) is 52.7 Å². The van der Waals surface area contributed by atoms with E-state index in [2.05, 4.69) is 35.0 Å². The highest BCUT2D eigenvalue weighted by Crippen LogP contribution is 2.39. The Morgan fingerprint density at radius 2 is 2.19 bits per heavy atom. The molecule has 1 atom stereocenters. The van der Waals surface area contributed by atoms with Gasteiger partial charge in [-0.2, -0.15) is 0 Å². The van der Waals surface area contributed by atoms with Crippen LogP contribution in [0.5, 0.6) is 0 Å². The molecule has 2 aliphatic heterocycles. The first-order valence-corrected chi connectivity index (χ1v) is 9.02. The average molecular weight is 350 g/mol. The fourth-order valence-corrected chi connectivity index (χ4v) is 4.18. The average Bonchev–Trinajstić information content (AvgIpc) is 3.07. The Kier molecular flexibility index (Phi) is 4.15. The van der Waals surface area contributed by atoms with E-state index >= 15 is 0 Å². The summed E-state index contributed by atoms with van der Waals surface area (Å²) < 4.78 is 4.82. The Morgan fingerprint density at radius 1 is 1.38 bits per heavy atom. The quantitative estimate of drug-likeness (QED) is 0.304. The van der Waals surface area contributed by atoms with E-state index < -0.39 is 5.97 Å². The normalized spacial score (nSPS) is 20.9. The number of aromatic nitrogens is 1. The van der Waals surface area contributed by atoms with E-state index in [4.69, 9.17) is 4.74 Å². The van der Waals surface area contributed by atoms with E-state index in [1.54, 1.807) is 0 Å². The third kappa shape index (κ3) is 2.46. The minimum atomic E-state index is -0.563. The van der Waals surface area contributed by atoms with Gasteiger partial charge in [-0.25, -0.2) is 4.79 Å².